The van der Waals surface area contributed by atoms with Crippen molar-refractivity contribution in [1.29, 1.82) is 0 Å². The van der Waals surface area contributed by atoms with Crippen LogP contribution in [-0.2, 0) is 9.59 Å². The summed E-state index contributed by atoms with van der Waals surface area (Å²) in [6, 6.07) is 10.7. The van der Waals surface area contributed by atoms with Crippen LogP contribution in [0.2, 0.25) is 0 Å². The predicted molar refractivity (Wildman–Crippen MR) is 109 cm³/mol. The van der Waals surface area contributed by atoms with Crippen LogP contribution in [0.1, 0.15) is 18.1 Å². The lowest BCUT2D eigenvalue weighted by molar-refractivity contribution is -0.384. The zero-order valence-electron chi connectivity index (χ0n) is 16.5. The van der Waals surface area contributed by atoms with Crippen molar-refractivity contribution >= 4 is 23.2 Å². The molecule has 4 rings (SSSR count). The van der Waals surface area contributed by atoms with Crippen LogP contribution in [0.5, 0.6) is 11.5 Å². The van der Waals surface area contributed by atoms with Gasteiger partial charge in [-0.3, -0.25) is 19.7 Å². The summed E-state index contributed by atoms with van der Waals surface area (Å²) in [4.78, 5) is 36.7. The first-order valence-corrected chi connectivity index (χ1v) is 9.82. The average molecular weight is 427 g/mol. The molecule has 162 valence electrons. The normalized spacial score (nSPS) is 18.5. The molecular weight excluding hydrogens is 406 g/mol. The van der Waals surface area contributed by atoms with Gasteiger partial charge in [0.2, 0.25) is 11.8 Å². The molecule has 2 aliphatic rings. The fraction of sp³-hybridized carbons (Fsp3) is 0.333. The van der Waals surface area contributed by atoms with Crippen LogP contribution >= 0.6 is 0 Å². The zero-order valence-corrected chi connectivity index (χ0v) is 16.5. The van der Waals surface area contributed by atoms with Crippen molar-refractivity contribution in [3.05, 3.63) is 58.1 Å². The van der Waals surface area contributed by atoms with Gasteiger partial charge in [0.1, 0.15) is 13.2 Å². The number of fused-ring (bicyclic) bond motifs is 1. The van der Waals surface area contributed by atoms with Gasteiger partial charge in [-0.15, -0.1) is 0 Å². The third kappa shape index (κ3) is 4.43. The fourth-order valence-electron chi connectivity index (χ4n) is 3.61. The molecule has 10 nitrogen and oxygen atoms in total. The number of nitrogens with one attached hydrogen (secondary N) is 1. The Labute approximate surface area is 177 Å². The smallest absolute Gasteiger partial charge is 0.269 e. The van der Waals surface area contributed by atoms with Gasteiger partial charge in [0.05, 0.1) is 16.9 Å². The Bertz CT molecular complexity index is 1010. The third-order valence-electron chi connectivity index (χ3n) is 5.29. The molecule has 2 aliphatic heterocycles. The Morgan fingerprint density at radius 1 is 1.19 bits per heavy atom. The standard InChI is InChI=1S/C21H21N3O7/c25-17(13-1-3-15(4-2-13)24(28)29)11-22-21(27)14-9-20(26)23(12-14)16-5-6-18-19(10-16)31-8-7-30-18/h1-6,10,14,17,25H,7-9,11-12H2,(H,22,27)/t14-,17-/m1/s1. The van der Waals surface area contributed by atoms with E-state index in [9.17, 15) is 24.8 Å². The summed E-state index contributed by atoms with van der Waals surface area (Å²) in [7, 11) is 0. The number of anilines is 1. The molecule has 10 heteroatoms. The highest BCUT2D eigenvalue weighted by atomic mass is 16.6. The summed E-state index contributed by atoms with van der Waals surface area (Å²) in [6.07, 6.45) is -0.954. The number of non-ortho nitro benzene ring substituents is 1. The Morgan fingerprint density at radius 3 is 2.61 bits per heavy atom. The molecule has 0 spiro atoms. The van der Waals surface area contributed by atoms with Gasteiger partial charge in [-0.05, 0) is 29.8 Å². The van der Waals surface area contributed by atoms with Crippen molar-refractivity contribution in [2.75, 3.05) is 31.2 Å². The molecule has 0 radical (unpaired) electrons. The van der Waals surface area contributed by atoms with Gasteiger partial charge in [0, 0.05) is 43.4 Å². The Morgan fingerprint density at radius 2 is 1.90 bits per heavy atom. The largest absolute Gasteiger partial charge is 0.486 e. The van der Waals surface area contributed by atoms with Gasteiger partial charge in [-0.2, -0.15) is 0 Å². The maximum atomic E-state index is 12.5. The second-order valence-corrected chi connectivity index (χ2v) is 7.34. The van der Waals surface area contributed by atoms with Crippen LogP contribution in [-0.4, -0.2) is 48.1 Å². The third-order valence-corrected chi connectivity index (χ3v) is 5.29. The summed E-state index contributed by atoms with van der Waals surface area (Å²) >= 11 is 0. The molecule has 1 saturated heterocycles. The number of carbonyl (C=O) groups excluding carboxylic acids is 2. The number of hydrogen-bond acceptors (Lipinski definition) is 7. The minimum atomic E-state index is -1.02. The van der Waals surface area contributed by atoms with Gasteiger partial charge < -0.3 is 24.8 Å². The molecule has 0 aromatic heterocycles. The summed E-state index contributed by atoms with van der Waals surface area (Å²) < 4.78 is 11.0. The van der Waals surface area contributed by atoms with Crippen LogP contribution in [0.4, 0.5) is 11.4 Å². The summed E-state index contributed by atoms with van der Waals surface area (Å²) in [5, 5.41) is 23.6. The molecular formula is C21H21N3O7. The number of amides is 2. The van der Waals surface area contributed by atoms with Crippen molar-refractivity contribution < 1.29 is 29.1 Å². The molecule has 2 amide bonds. The van der Waals surface area contributed by atoms with E-state index in [1.54, 1.807) is 18.2 Å². The maximum absolute atomic E-state index is 12.5. The number of carbonyl (C=O) groups is 2. The van der Waals surface area contributed by atoms with E-state index >= 15 is 0 Å². The molecule has 2 atom stereocenters. The van der Waals surface area contributed by atoms with E-state index in [2.05, 4.69) is 5.32 Å². The highest BCUT2D eigenvalue weighted by molar-refractivity contribution is 6.00. The van der Waals surface area contributed by atoms with E-state index in [-0.39, 0.29) is 37.0 Å². The van der Waals surface area contributed by atoms with Crippen molar-refractivity contribution in [3.63, 3.8) is 0 Å². The van der Waals surface area contributed by atoms with Gasteiger partial charge >= 0.3 is 0 Å². The first-order chi connectivity index (χ1) is 14.9. The molecule has 2 N–H and O–H groups in total. The highest BCUT2D eigenvalue weighted by Gasteiger charge is 2.35. The van der Waals surface area contributed by atoms with E-state index in [4.69, 9.17) is 9.47 Å². The van der Waals surface area contributed by atoms with Crippen molar-refractivity contribution in [2.24, 2.45) is 5.92 Å². The highest BCUT2D eigenvalue weighted by Crippen LogP contribution is 2.36. The molecule has 2 aromatic rings. The summed E-state index contributed by atoms with van der Waals surface area (Å²) in [5.74, 6) is 0.124. The Kier molecular flexibility index (Phi) is 5.72. The first-order valence-electron chi connectivity index (χ1n) is 9.82. The fourth-order valence-corrected chi connectivity index (χ4v) is 3.61. The average Bonchev–Trinajstić information content (AvgIpc) is 3.18. The van der Waals surface area contributed by atoms with Gasteiger partial charge in [0.25, 0.3) is 5.69 Å². The molecule has 2 heterocycles. The lowest BCUT2D eigenvalue weighted by Gasteiger charge is -2.22. The molecule has 2 aromatic carbocycles. The Balaban J connectivity index is 1.34. The van der Waals surface area contributed by atoms with E-state index in [0.717, 1.165) is 0 Å². The van der Waals surface area contributed by atoms with Crippen LogP contribution < -0.4 is 19.7 Å². The quantitative estimate of drug-likeness (QED) is 0.528. The molecule has 0 saturated carbocycles. The number of rotatable bonds is 6. The monoisotopic (exact) mass is 427 g/mol. The zero-order chi connectivity index (χ0) is 22.0. The number of benzene rings is 2. The number of nitrogens with zero attached hydrogens (tertiary/aromatic N) is 2. The van der Waals surface area contributed by atoms with Gasteiger partial charge in [-0.1, -0.05) is 0 Å². The van der Waals surface area contributed by atoms with Crippen LogP contribution in [0.3, 0.4) is 0 Å². The lowest BCUT2D eigenvalue weighted by atomic mass is 10.1. The molecule has 31 heavy (non-hydrogen) atoms. The summed E-state index contributed by atoms with van der Waals surface area (Å²) in [6.45, 7) is 1.07. The number of ether oxygens (including phenoxy) is 2. The van der Waals surface area contributed by atoms with Crippen LogP contribution in [0, 0.1) is 16.0 Å². The van der Waals surface area contributed by atoms with E-state index in [1.165, 1.54) is 29.2 Å². The molecule has 0 unspecified atom stereocenters. The second-order valence-electron chi connectivity index (χ2n) is 7.34. The van der Waals surface area contributed by atoms with Gasteiger partial charge in [0.15, 0.2) is 11.5 Å². The van der Waals surface area contributed by atoms with Crippen molar-refractivity contribution in [3.8, 4) is 11.5 Å². The van der Waals surface area contributed by atoms with E-state index in [0.29, 0.717) is 36.0 Å². The Hall–Kier alpha value is -3.66. The number of nitro groups is 1. The predicted octanol–water partition coefficient (Wildman–Crippen LogP) is 1.57. The van der Waals surface area contributed by atoms with E-state index < -0.39 is 16.9 Å². The van der Waals surface area contributed by atoms with Crippen molar-refractivity contribution in [2.45, 2.75) is 12.5 Å². The number of aliphatic hydroxyl groups is 1. The maximum Gasteiger partial charge on any atom is 0.269 e. The van der Waals surface area contributed by atoms with Crippen LogP contribution in [0.15, 0.2) is 42.5 Å². The molecule has 0 bridgehead atoms. The second kappa shape index (κ2) is 8.60. The molecule has 1 fully saturated rings. The number of nitro benzene ring substituents is 1. The SMILES string of the molecule is O=C(NC[C@@H](O)c1ccc([N+](=O)[O-])cc1)[C@@H]1CC(=O)N(c2ccc3c(c2)OCCO3)C1. The first kappa shape index (κ1) is 20.6. The minimum absolute atomic E-state index is 0.0634. The molecule has 0 aliphatic carbocycles. The van der Waals surface area contributed by atoms with E-state index in [1.807, 2.05) is 0 Å². The van der Waals surface area contributed by atoms with Gasteiger partial charge in [-0.25, -0.2) is 0 Å². The lowest BCUT2D eigenvalue weighted by Crippen LogP contribution is -2.35. The number of hydrogen-bond donors (Lipinski definition) is 2. The minimum Gasteiger partial charge on any atom is -0.486 e. The van der Waals surface area contributed by atoms with Crippen molar-refractivity contribution in [1.82, 2.24) is 5.32 Å². The summed E-state index contributed by atoms with van der Waals surface area (Å²) in [5.41, 5.74) is 1.01. The van der Waals surface area contributed by atoms with Crippen LogP contribution in [0.25, 0.3) is 0 Å². The topological polar surface area (TPSA) is 131 Å². The number of aliphatic hydroxyl groups excluding tert-OH is 1.